The van der Waals surface area contributed by atoms with Gasteiger partial charge in [0, 0.05) is 0 Å². The summed E-state index contributed by atoms with van der Waals surface area (Å²) in [6, 6.07) is 5.86. The molecule has 0 bridgehead atoms. The first-order valence-electron chi connectivity index (χ1n) is 4.52. The zero-order chi connectivity index (χ0) is 9.97. The van der Waals surface area contributed by atoms with E-state index in [0.29, 0.717) is 12.1 Å². The first-order chi connectivity index (χ1) is 6.79. The Morgan fingerprint density at radius 2 is 2.29 bits per heavy atom. The van der Waals surface area contributed by atoms with Gasteiger partial charge in [-0.2, -0.15) is 0 Å². The molecule has 14 heavy (non-hydrogen) atoms. The van der Waals surface area contributed by atoms with Crippen molar-refractivity contribution >= 4 is 21.6 Å². The summed E-state index contributed by atoms with van der Waals surface area (Å²) in [5, 5.41) is 0. The molecule has 1 aromatic heterocycles. The molecule has 4 heteroatoms. The van der Waals surface area contributed by atoms with E-state index in [2.05, 4.69) is 0 Å². The third-order valence-electron chi connectivity index (χ3n) is 2.06. The van der Waals surface area contributed by atoms with Gasteiger partial charge < -0.3 is 10.2 Å². The predicted molar refractivity (Wildman–Crippen MR) is 57.7 cm³/mol. The van der Waals surface area contributed by atoms with E-state index in [1.807, 2.05) is 18.2 Å². The van der Waals surface area contributed by atoms with Crippen molar-refractivity contribution in [3.8, 4) is 0 Å². The van der Waals surface area contributed by atoms with Crippen LogP contribution in [0.1, 0.15) is 12.0 Å². The van der Waals surface area contributed by atoms with Crippen molar-refractivity contribution in [1.82, 2.24) is 0 Å². The Hall–Kier alpha value is -1.13. The van der Waals surface area contributed by atoms with E-state index in [1.165, 1.54) is 5.56 Å². The first kappa shape index (κ1) is 9.43. The summed E-state index contributed by atoms with van der Waals surface area (Å²) in [5.41, 5.74) is 7.28. The molecule has 0 fully saturated rings. The average molecular weight is 209 g/mol. The van der Waals surface area contributed by atoms with E-state index < -0.39 is 0 Å². The van der Waals surface area contributed by atoms with Gasteiger partial charge >= 0.3 is 4.94 Å². The maximum absolute atomic E-state index is 10.9. The van der Waals surface area contributed by atoms with Gasteiger partial charge in [-0.15, -0.1) is 0 Å². The van der Waals surface area contributed by atoms with Crippen molar-refractivity contribution < 1.29 is 4.42 Å². The highest BCUT2D eigenvalue weighted by Gasteiger charge is 2.02. The summed E-state index contributed by atoms with van der Waals surface area (Å²) >= 11 is 1.14. The number of nitrogens with two attached hydrogens (primary N) is 1. The average Bonchev–Trinajstić information content (AvgIpc) is 2.54. The highest BCUT2D eigenvalue weighted by atomic mass is 32.1. The highest BCUT2D eigenvalue weighted by molar-refractivity contribution is 7.16. The molecule has 0 saturated carbocycles. The van der Waals surface area contributed by atoms with Crippen LogP contribution >= 0.6 is 11.3 Å². The summed E-state index contributed by atoms with van der Waals surface area (Å²) < 4.78 is 5.93. The van der Waals surface area contributed by atoms with Gasteiger partial charge in [0.25, 0.3) is 0 Å². The molecular weight excluding hydrogens is 198 g/mol. The SMILES string of the molecule is NCCCc1ccc2sc(=O)oc2c1. The lowest BCUT2D eigenvalue weighted by Crippen LogP contribution is -1.99. The van der Waals surface area contributed by atoms with Gasteiger partial charge in [0.05, 0.1) is 4.70 Å². The zero-order valence-electron chi connectivity index (χ0n) is 7.66. The van der Waals surface area contributed by atoms with E-state index in [-0.39, 0.29) is 4.94 Å². The topological polar surface area (TPSA) is 56.2 Å². The van der Waals surface area contributed by atoms with Crippen molar-refractivity contribution in [1.29, 1.82) is 0 Å². The van der Waals surface area contributed by atoms with Crippen LogP contribution in [0.2, 0.25) is 0 Å². The molecule has 0 amide bonds. The van der Waals surface area contributed by atoms with Crippen molar-refractivity contribution in [2.75, 3.05) is 6.54 Å². The summed E-state index contributed by atoms with van der Waals surface area (Å²) in [7, 11) is 0. The fraction of sp³-hybridized carbons (Fsp3) is 0.300. The normalized spacial score (nSPS) is 10.9. The molecule has 0 saturated heterocycles. The Morgan fingerprint density at radius 3 is 3.07 bits per heavy atom. The minimum absolute atomic E-state index is 0.240. The smallest absolute Gasteiger partial charge is 0.396 e. The highest BCUT2D eigenvalue weighted by Crippen LogP contribution is 2.18. The molecule has 2 N–H and O–H groups in total. The van der Waals surface area contributed by atoms with Crippen molar-refractivity contribution in [3.05, 3.63) is 33.5 Å². The number of rotatable bonds is 3. The number of hydrogen-bond acceptors (Lipinski definition) is 4. The van der Waals surface area contributed by atoms with E-state index in [9.17, 15) is 4.79 Å². The lowest BCUT2D eigenvalue weighted by atomic mass is 10.1. The maximum atomic E-state index is 10.9. The van der Waals surface area contributed by atoms with Gasteiger partial charge in [0.2, 0.25) is 0 Å². The van der Waals surface area contributed by atoms with E-state index in [1.54, 1.807) is 0 Å². The van der Waals surface area contributed by atoms with Crippen LogP contribution in [0.15, 0.2) is 27.4 Å². The monoisotopic (exact) mass is 209 g/mol. The number of hydrogen-bond donors (Lipinski definition) is 1. The molecule has 1 heterocycles. The van der Waals surface area contributed by atoms with Crippen molar-refractivity contribution in [2.45, 2.75) is 12.8 Å². The molecule has 3 nitrogen and oxygen atoms in total. The number of fused-ring (bicyclic) bond motifs is 1. The Bertz CT molecular complexity index is 486. The maximum Gasteiger partial charge on any atom is 0.396 e. The van der Waals surface area contributed by atoms with Gasteiger partial charge in [0.1, 0.15) is 5.58 Å². The molecule has 0 spiro atoms. The minimum Gasteiger partial charge on any atom is -0.414 e. The van der Waals surface area contributed by atoms with Crippen LogP contribution in [0, 0.1) is 0 Å². The van der Waals surface area contributed by atoms with Crippen molar-refractivity contribution in [3.63, 3.8) is 0 Å². The molecule has 2 rings (SSSR count). The predicted octanol–water partition coefficient (Wildman–Crippen LogP) is 1.75. The van der Waals surface area contributed by atoms with E-state index >= 15 is 0 Å². The fourth-order valence-corrected chi connectivity index (χ4v) is 2.03. The molecular formula is C10H11NO2S. The largest absolute Gasteiger partial charge is 0.414 e. The van der Waals surface area contributed by atoms with Crippen LogP contribution in [0.5, 0.6) is 0 Å². The molecule has 0 aliphatic carbocycles. The standard InChI is InChI=1S/C10H11NO2S/c11-5-1-2-7-3-4-9-8(6-7)13-10(12)14-9/h3-4,6H,1-2,5,11H2. The van der Waals surface area contributed by atoms with Gasteiger partial charge in [-0.3, -0.25) is 0 Å². The summed E-state index contributed by atoms with van der Waals surface area (Å²) in [4.78, 5) is 10.7. The molecule has 2 aromatic rings. The number of benzene rings is 1. The lowest BCUT2D eigenvalue weighted by molar-refractivity contribution is 0.585. The summed E-state index contributed by atoms with van der Waals surface area (Å²) in [5.74, 6) is 0. The zero-order valence-corrected chi connectivity index (χ0v) is 8.47. The van der Waals surface area contributed by atoms with Gasteiger partial charge in [-0.25, -0.2) is 4.79 Å². The van der Waals surface area contributed by atoms with Crippen LogP contribution < -0.4 is 10.7 Å². The second-order valence-corrected chi connectivity index (χ2v) is 4.10. The Balaban J connectivity index is 2.35. The van der Waals surface area contributed by atoms with Gasteiger partial charge in [-0.1, -0.05) is 17.4 Å². The second kappa shape index (κ2) is 3.94. The second-order valence-electron chi connectivity index (χ2n) is 3.13. The fourth-order valence-electron chi connectivity index (χ4n) is 1.38. The molecule has 1 aromatic carbocycles. The third-order valence-corrected chi connectivity index (χ3v) is 2.87. The third kappa shape index (κ3) is 1.86. The van der Waals surface area contributed by atoms with Crippen LogP contribution in [-0.4, -0.2) is 6.54 Å². The molecule has 0 aliphatic rings. The van der Waals surface area contributed by atoms with Crippen LogP contribution in [0.4, 0.5) is 0 Å². The van der Waals surface area contributed by atoms with Crippen molar-refractivity contribution in [2.24, 2.45) is 5.73 Å². The molecule has 0 atom stereocenters. The summed E-state index contributed by atoms with van der Waals surface area (Å²) in [6.07, 6.45) is 1.89. The van der Waals surface area contributed by atoms with Crippen LogP contribution in [0.3, 0.4) is 0 Å². The van der Waals surface area contributed by atoms with Crippen LogP contribution in [-0.2, 0) is 6.42 Å². The van der Waals surface area contributed by atoms with E-state index in [0.717, 1.165) is 28.9 Å². The Kier molecular flexibility index (Phi) is 2.65. The Morgan fingerprint density at radius 1 is 1.43 bits per heavy atom. The lowest BCUT2D eigenvalue weighted by Gasteiger charge is -1.97. The van der Waals surface area contributed by atoms with Gasteiger partial charge in [0.15, 0.2) is 0 Å². The molecule has 0 aliphatic heterocycles. The summed E-state index contributed by atoms with van der Waals surface area (Å²) in [6.45, 7) is 0.686. The Labute approximate surface area is 85.2 Å². The first-order valence-corrected chi connectivity index (χ1v) is 5.34. The molecule has 0 unspecified atom stereocenters. The molecule has 74 valence electrons. The van der Waals surface area contributed by atoms with E-state index in [4.69, 9.17) is 10.2 Å². The number of aryl methyl sites for hydroxylation is 1. The quantitative estimate of drug-likeness (QED) is 0.837. The van der Waals surface area contributed by atoms with Crippen LogP contribution in [0.25, 0.3) is 10.3 Å². The minimum atomic E-state index is -0.240. The molecule has 0 radical (unpaired) electrons. The van der Waals surface area contributed by atoms with Gasteiger partial charge in [-0.05, 0) is 37.1 Å².